The number of benzene rings is 1. The summed E-state index contributed by atoms with van der Waals surface area (Å²) in [5.41, 5.74) is 0. The quantitative estimate of drug-likeness (QED) is 0.589. The average molecular weight is 280 g/mol. The van der Waals surface area contributed by atoms with Gasteiger partial charge >= 0.3 is 8.80 Å². The van der Waals surface area contributed by atoms with Crippen LogP contribution in [0.4, 0.5) is 13.2 Å². The van der Waals surface area contributed by atoms with Gasteiger partial charge < -0.3 is 13.3 Å². The van der Waals surface area contributed by atoms with Crippen LogP contribution in [0.3, 0.4) is 0 Å². The van der Waals surface area contributed by atoms with Crippen LogP contribution in [-0.4, -0.2) is 29.1 Å². The summed E-state index contributed by atoms with van der Waals surface area (Å²) in [6.45, 7) is 3.91. The van der Waals surface area contributed by atoms with E-state index in [1.165, 1.54) is 7.11 Å². The third kappa shape index (κ3) is 2.92. The maximum Gasteiger partial charge on any atom is 0.537 e. The standard InChI is InChI=1S/C11H15F3O3Si/c1-4-16-18(15-3,17-5-2)8-6-9(12)11(14)10(13)7-8/h6-7H,4-5H2,1-3H3. The second-order valence-corrected chi connectivity index (χ2v) is 6.06. The van der Waals surface area contributed by atoms with Crippen LogP contribution < -0.4 is 5.19 Å². The van der Waals surface area contributed by atoms with Gasteiger partial charge in [-0.05, 0) is 26.0 Å². The molecule has 0 spiro atoms. The van der Waals surface area contributed by atoms with E-state index in [-0.39, 0.29) is 18.4 Å². The van der Waals surface area contributed by atoms with E-state index >= 15 is 0 Å². The Morgan fingerprint density at radius 1 is 1.00 bits per heavy atom. The Bertz CT molecular complexity index is 386. The number of hydrogen-bond donors (Lipinski definition) is 0. The van der Waals surface area contributed by atoms with E-state index in [4.69, 9.17) is 13.3 Å². The van der Waals surface area contributed by atoms with Gasteiger partial charge in [0.25, 0.3) is 0 Å². The molecule has 0 heterocycles. The molecule has 0 aliphatic carbocycles. The minimum absolute atomic E-state index is 0.0603. The van der Waals surface area contributed by atoms with E-state index in [9.17, 15) is 13.2 Å². The molecule has 0 bridgehead atoms. The molecule has 0 saturated carbocycles. The van der Waals surface area contributed by atoms with Gasteiger partial charge in [0.05, 0.1) is 0 Å². The van der Waals surface area contributed by atoms with E-state index < -0.39 is 26.3 Å². The number of halogens is 3. The van der Waals surface area contributed by atoms with Crippen LogP contribution in [0, 0.1) is 17.5 Å². The van der Waals surface area contributed by atoms with Crippen molar-refractivity contribution in [3.05, 3.63) is 29.6 Å². The lowest BCUT2D eigenvalue weighted by molar-refractivity contribution is 0.102. The van der Waals surface area contributed by atoms with Gasteiger partial charge in [0.15, 0.2) is 17.5 Å². The summed E-state index contributed by atoms with van der Waals surface area (Å²) in [7, 11) is -2.05. The van der Waals surface area contributed by atoms with Crippen LogP contribution in [0.15, 0.2) is 12.1 Å². The van der Waals surface area contributed by atoms with Crippen molar-refractivity contribution < 1.29 is 26.4 Å². The van der Waals surface area contributed by atoms with Crippen molar-refractivity contribution in [2.24, 2.45) is 0 Å². The maximum atomic E-state index is 13.2. The maximum absolute atomic E-state index is 13.2. The highest BCUT2D eigenvalue weighted by molar-refractivity contribution is 6.75. The van der Waals surface area contributed by atoms with Gasteiger partial charge in [-0.15, -0.1) is 0 Å². The number of hydrogen-bond acceptors (Lipinski definition) is 3. The molecule has 0 saturated heterocycles. The molecule has 0 aromatic heterocycles. The summed E-state index contributed by atoms with van der Waals surface area (Å²) in [4.78, 5) is 0. The normalized spacial score (nSPS) is 11.9. The molecule has 0 N–H and O–H groups in total. The molecule has 0 amide bonds. The van der Waals surface area contributed by atoms with Crippen molar-refractivity contribution in [1.82, 2.24) is 0 Å². The SMILES string of the molecule is CCO[Si](OC)(OCC)c1cc(F)c(F)c(F)c1. The molecule has 1 rings (SSSR count). The Labute approximate surface area is 105 Å². The zero-order chi connectivity index (χ0) is 13.8. The minimum atomic E-state index is -3.38. The first-order valence-corrected chi connectivity index (χ1v) is 7.21. The van der Waals surface area contributed by atoms with E-state index in [2.05, 4.69) is 0 Å². The predicted molar refractivity (Wildman–Crippen MR) is 62.0 cm³/mol. The summed E-state index contributed by atoms with van der Waals surface area (Å²) in [6.07, 6.45) is 0. The third-order valence-corrected chi connectivity index (χ3v) is 5.15. The van der Waals surface area contributed by atoms with Crippen LogP contribution >= 0.6 is 0 Å². The molecule has 0 aliphatic rings. The van der Waals surface area contributed by atoms with E-state index in [1.54, 1.807) is 13.8 Å². The van der Waals surface area contributed by atoms with E-state index in [0.717, 1.165) is 12.1 Å². The first-order chi connectivity index (χ1) is 8.50. The fraction of sp³-hybridized carbons (Fsp3) is 0.455. The van der Waals surface area contributed by atoms with Crippen molar-refractivity contribution in [2.45, 2.75) is 13.8 Å². The van der Waals surface area contributed by atoms with Gasteiger partial charge in [0, 0.05) is 25.5 Å². The molecule has 0 atom stereocenters. The highest BCUT2D eigenvalue weighted by Gasteiger charge is 2.43. The van der Waals surface area contributed by atoms with E-state index in [1.807, 2.05) is 0 Å². The van der Waals surface area contributed by atoms with Gasteiger partial charge in [0.1, 0.15) is 0 Å². The Morgan fingerprint density at radius 2 is 1.44 bits per heavy atom. The first kappa shape index (κ1) is 15.2. The molecule has 0 radical (unpaired) electrons. The lowest BCUT2D eigenvalue weighted by Crippen LogP contribution is -2.56. The molecule has 1 aromatic carbocycles. The third-order valence-electron chi connectivity index (χ3n) is 2.27. The van der Waals surface area contributed by atoms with Crippen molar-refractivity contribution in [1.29, 1.82) is 0 Å². The Morgan fingerprint density at radius 3 is 1.78 bits per heavy atom. The summed E-state index contributed by atoms with van der Waals surface area (Å²) in [6, 6.07) is 1.69. The molecule has 0 unspecified atom stereocenters. The topological polar surface area (TPSA) is 27.7 Å². The molecule has 3 nitrogen and oxygen atoms in total. The zero-order valence-electron chi connectivity index (χ0n) is 10.4. The largest absolute Gasteiger partial charge is 0.537 e. The van der Waals surface area contributed by atoms with Gasteiger partial charge in [-0.3, -0.25) is 0 Å². The van der Waals surface area contributed by atoms with Crippen LogP contribution in [0.25, 0.3) is 0 Å². The minimum Gasteiger partial charge on any atom is -0.373 e. The molecule has 0 aliphatic heterocycles. The van der Waals surface area contributed by atoms with E-state index in [0.29, 0.717) is 0 Å². The Balaban J connectivity index is 3.28. The highest BCUT2D eigenvalue weighted by atomic mass is 28.4. The monoisotopic (exact) mass is 280 g/mol. The fourth-order valence-corrected chi connectivity index (χ4v) is 3.81. The van der Waals surface area contributed by atoms with Gasteiger partial charge in [-0.2, -0.15) is 0 Å². The van der Waals surface area contributed by atoms with Crippen molar-refractivity contribution in [2.75, 3.05) is 20.3 Å². The first-order valence-electron chi connectivity index (χ1n) is 5.48. The van der Waals surface area contributed by atoms with Gasteiger partial charge in [-0.1, -0.05) is 0 Å². The van der Waals surface area contributed by atoms with Gasteiger partial charge in [0.2, 0.25) is 0 Å². The second-order valence-electron chi connectivity index (χ2n) is 3.38. The van der Waals surface area contributed by atoms with Crippen LogP contribution in [0.5, 0.6) is 0 Å². The molecule has 7 heteroatoms. The molecule has 18 heavy (non-hydrogen) atoms. The number of rotatable bonds is 6. The Kier molecular flexibility index (Phi) is 5.33. The summed E-state index contributed by atoms with van der Waals surface area (Å²) >= 11 is 0. The smallest absolute Gasteiger partial charge is 0.373 e. The van der Waals surface area contributed by atoms with Crippen LogP contribution in [0.1, 0.15) is 13.8 Å². The molecule has 0 fully saturated rings. The van der Waals surface area contributed by atoms with Crippen molar-refractivity contribution in [3.63, 3.8) is 0 Å². The lowest BCUT2D eigenvalue weighted by atomic mass is 10.3. The summed E-state index contributed by atoms with van der Waals surface area (Å²) < 4.78 is 55.4. The molecular weight excluding hydrogens is 265 g/mol. The Hall–Kier alpha value is -0.893. The van der Waals surface area contributed by atoms with Gasteiger partial charge in [-0.25, -0.2) is 13.2 Å². The lowest BCUT2D eigenvalue weighted by Gasteiger charge is -2.27. The molecule has 102 valence electrons. The van der Waals surface area contributed by atoms with Crippen LogP contribution in [-0.2, 0) is 13.3 Å². The molecule has 1 aromatic rings. The average Bonchev–Trinajstić information content (AvgIpc) is 2.35. The van der Waals surface area contributed by atoms with Crippen molar-refractivity contribution in [3.8, 4) is 0 Å². The van der Waals surface area contributed by atoms with Crippen molar-refractivity contribution >= 4 is 14.0 Å². The summed E-state index contributed by atoms with van der Waals surface area (Å²) in [5.74, 6) is -4.11. The zero-order valence-corrected chi connectivity index (χ0v) is 11.4. The predicted octanol–water partition coefficient (Wildman–Crippen LogP) is 1.97. The molecular formula is C11H15F3O3Si. The van der Waals surface area contributed by atoms with Crippen LogP contribution in [0.2, 0.25) is 0 Å². The highest BCUT2D eigenvalue weighted by Crippen LogP contribution is 2.14. The fourth-order valence-electron chi connectivity index (χ4n) is 1.56. The summed E-state index contributed by atoms with van der Waals surface area (Å²) in [5, 5.41) is 0.0603. The second kappa shape index (κ2) is 6.33.